The number of carbonyl (C=O) groups is 1. The number of benzene rings is 2. The molecular formula is C21H24N2O5S. The first-order chi connectivity index (χ1) is 14.0. The highest BCUT2D eigenvalue weighted by Gasteiger charge is 2.30. The summed E-state index contributed by atoms with van der Waals surface area (Å²) in [5, 5.41) is 0. The molecule has 0 saturated carbocycles. The lowest BCUT2D eigenvalue weighted by atomic mass is 10.0. The van der Waals surface area contributed by atoms with Gasteiger partial charge in [0.2, 0.25) is 16.8 Å². The maximum absolute atomic E-state index is 13.3. The lowest BCUT2D eigenvalue weighted by Gasteiger charge is -2.30. The van der Waals surface area contributed by atoms with Gasteiger partial charge in [-0.1, -0.05) is 19.9 Å². The Kier molecular flexibility index (Phi) is 5.23. The number of fused-ring (bicyclic) bond motifs is 2. The average molecular weight is 416 g/mol. The topological polar surface area (TPSA) is 76.2 Å². The van der Waals surface area contributed by atoms with Crippen LogP contribution in [0, 0.1) is 0 Å². The summed E-state index contributed by atoms with van der Waals surface area (Å²) in [4.78, 5) is 15.2. The van der Waals surface area contributed by atoms with Crippen LogP contribution in [-0.2, 0) is 16.4 Å². The fourth-order valence-electron chi connectivity index (χ4n) is 3.90. The van der Waals surface area contributed by atoms with E-state index in [0.717, 1.165) is 24.1 Å². The Balaban J connectivity index is 1.70. The largest absolute Gasteiger partial charge is 0.454 e. The van der Waals surface area contributed by atoms with Crippen LogP contribution in [-0.4, -0.2) is 45.1 Å². The van der Waals surface area contributed by atoms with Crippen molar-refractivity contribution in [3.8, 4) is 11.5 Å². The number of rotatable bonds is 5. The Bertz CT molecular complexity index is 1050. The van der Waals surface area contributed by atoms with Gasteiger partial charge in [-0.2, -0.15) is 4.31 Å². The molecule has 0 aromatic heterocycles. The molecule has 7 nitrogen and oxygen atoms in total. The van der Waals surface area contributed by atoms with Crippen molar-refractivity contribution in [1.29, 1.82) is 0 Å². The molecule has 0 N–H and O–H groups in total. The molecule has 0 radical (unpaired) electrons. The minimum absolute atomic E-state index is 0.1000. The van der Waals surface area contributed by atoms with E-state index in [2.05, 4.69) is 0 Å². The van der Waals surface area contributed by atoms with E-state index in [-0.39, 0.29) is 17.6 Å². The van der Waals surface area contributed by atoms with Gasteiger partial charge in [0, 0.05) is 25.3 Å². The van der Waals surface area contributed by atoms with Gasteiger partial charge in [0.15, 0.2) is 11.5 Å². The van der Waals surface area contributed by atoms with Crippen molar-refractivity contribution >= 4 is 21.6 Å². The van der Waals surface area contributed by atoms with E-state index in [1.807, 2.05) is 13.8 Å². The molecule has 0 bridgehead atoms. The molecule has 2 heterocycles. The third-order valence-electron chi connectivity index (χ3n) is 5.38. The molecule has 0 spiro atoms. The van der Waals surface area contributed by atoms with E-state index in [1.165, 1.54) is 4.31 Å². The second-order valence-corrected chi connectivity index (χ2v) is 8.92. The summed E-state index contributed by atoms with van der Waals surface area (Å²) >= 11 is 0. The van der Waals surface area contributed by atoms with Crippen LogP contribution in [0.25, 0.3) is 0 Å². The van der Waals surface area contributed by atoms with Gasteiger partial charge in [-0.15, -0.1) is 0 Å². The van der Waals surface area contributed by atoms with Crippen LogP contribution < -0.4 is 14.4 Å². The first-order valence-corrected chi connectivity index (χ1v) is 11.2. The molecule has 154 valence electrons. The molecule has 8 heteroatoms. The predicted molar refractivity (Wildman–Crippen MR) is 109 cm³/mol. The van der Waals surface area contributed by atoms with Crippen LogP contribution in [0.5, 0.6) is 11.5 Å². The fourth-order valence-corrected chi connectivity index (χ4v) is 5.41. The molecule has 1 amide bonds. The van der Waals surface area contributed by atoms with Crippen LogP contribution in [0.2, 0.25) is 0 Å². The second kappa shape index (κ2) is 7.68. The van der Waals surface area contributed by atoms with Gasteiger partial charge >= 0.3 is 0 Å². The van der Waals surface area contributed by atoms with Gasteiger partial charge < -0.3 is 14.4 Å². The summed E-state index contributed by atoms with van der Waals surface area (Å²) in [7, 11) is -3.54. The Labute approximate surface area is 170 Å². The Morgan fingerprint density at radius 1 is 1.14 bits per heavy atom. The van der Waals surface area contributed by atoms with Crippen molar-refractivity contribution < 1.29 is 22.7 Å². The minimum Gasteiger partial charge on any atom is -0.454 e. The van der Waals surface area contributed by atoms with Gasteiger partial charge in [0.25, 0.3) is 5.91 Å². The van der Waals surface area contributed by atoms with Gasteiger partial charge in [0.05, 0.1) is 10.5 Å². The first-order valence-electron chi connectivity index (χ1n) is 9.81. The van der Waals surface area contributed by atoms with Crippen molar-refractivity contribution in [3.63, 3.8) is 0 Å². The van der Waals surface area contributed by atoms with Gasteiger partial charge in [-0.25, -0.2) is 8.42 Å². The molecule has 0 aliphatic carbocycles. The Morgan fingerprint density at radius 3 is 2.69 bits per heavy atom. The zero-order chi connectivity index (χ0) is 20.6. The van der Waals surface area contributed by atoms with Crippen molar-refractivity contribution in [3.05, 3.63) is 47.5 Å². The summed E-state index contributed by atoms with van der Waals surface area (Å²) in [5.41, 5.74) is 2.06. The minimum atomic E-state index is -3.54. The highest BCUT2D eigenvalue weighted by molar-refractivity contribution is 7.89. The zero-order valence-corrected chi connectivity index (χ0v) is 17.4. The Hall–Kier alpha value is -2.58. The maximum atomic E-state index is 13.3. The van der Waals surface area contributed by atoms with Crippen molar-refractivity contribution in [2.24, 2.45) is 0 Å². The number of hydrogen-bond acceptors (Lipinski definition) is 5. The smallest absolute Gasteiger partial charge is 0.262 e. The normalized spacial score (nSPS) is 15.5. The molecule has 29 heavy (non-hydrogen) atoms. The first kappa shape index (κ1) is 19.7. The van der Waals surface area contributed by atoms with Crippen LogP contribution in [0.3, 0.4) is 0 Å². The average Bonchev–Trinajstić information content (AvgIpc) is 3.22. The molecule has 4 rings (SSSR count). The van der Waals surface area contributed by atoms with Gasteiger partial charge in [-0.3, -0.25) is 4.79 Å². The maximum Gasteiger partial charge on any atom is 0.262 e. The third kappa shape index (κ3) is 3.36. The number of anilines is 1. The van der Waals surface area contributed by atoms with E-state index in [4.69, 9.17) is 9.47 Å². The van der Waals surface area contributed by atoms with Crippen LogP contribution in [0.15, 0.2) is 41.3 Å². The molecule has 2 aromatic rings. The lowest BCUT2D eigenvalue weighted by molar-refractivity contribution is 0.0980. The van der Waals surface area contributed by atoms with Crippen molar-refractivity contribution in [2.45, 2.75) is 31.6 Å². The molecule has 0 saturated heterocycles. The number of hydrogen-bond donors (Lipinski definition) is 0. The number of ether oxygens (including phenoxy) is 2. The number of aryl methyl sites for hydroxylation is 1. The van der Waals surface area contributed by atoms with Crippen LogP contribution in [0.1, 0.15) is 36.2 Å². The number of carbonyl (C=O) groups excluding carboxylic acids is 1. The molecule has 0 atom stereocenters. The highest BCUT2D eigenvalue weighted by atomic mass is 32.2. The number of sulfonamides is 1. The number of nitrogens with zero attached hydrogens (tertiary/aromatic N) is 2. The number of para-hydroxylation sites is 1. The van der Waals surface area contributed by atoms with Gasteiger partial charge in [-0.05, 0) is 48.7 Å². The molecular weight excluding hydrogens is 392 g/mol. The van der Waals surface area contributed by atoms with E-state index in [9.17, 15) is 13.2 Å². The monoisotopic (exact) mass is 416 g/mol. The zero-order valence-electron chi connectivity index (χ0n) is 16.6. The lowest BCUT2D eigenvalue weighted by Crippen LogP contribution is -2.36. The molecule has 0 fully saturated rings. The van der Waals surface area contributed by atoms with E-state index >= 15 is 0 Å². The molecule has 2 aliphatic rings. The van der Waals surface area contributed by atoms with Gasteiger partial charge in [0.1, 0.15) is 0 Å². The number of amides is 1. The van der Waals surface area contributed by atoms with E-state index in [1.54, 1.807) is 41.3 Å². The molecule has 2 aliphatic heterocycles. The quantitative estimate of drug-likeness (QED) is 0.749. The summed E-state index contributed by atoms with van der Waals surface area (Å²) in [6.07, 6.45) is 1.49. The molecule has 0 unspecified atom stereocenters. The summed E-state index contributed by atoms with van der Waals surface area (Å²) in [6, 6.07) is 10.3. The van der Waals surface area contributed by atoms with E-state index in [0.29, 0.717) is 36.7 Å². The van der Waals surface area contributed by atoms with Crippen LogP contribution in [0.4, 0.5) is 5.69 Å². The third-order valence-corrected chi connectivity index (χ3v) is 7.43. The predicted octanol–water partition coefficient (Wildman–Crippen LogP) is 3.04. The molecule has 2 aromatic carbocycles. The Morgan fingerprint density at radius 2 is 1.93 bits per heavy atom. The highest BCUT2D eigenvalue weighted by Crippen LogP contribution is 2.38. The van der Waals surface area contributed by atoms with E-state index < -0.39 is 10.0 Å². The van der Waals surface area contributed by atoms with Crippen molar-refractivity contribution in [2.75, 3.05) is 31.3 Å². The van der Waals surface area contributed by atoms with Crippen LogP contribution >= 0.6 is 0 Å². The summed E-state index contributed by atoms with van der Waals surface area (Å²) in [5.74, 6) is 0.853. The fraction of sp³-hybridized carbons (Fsp3) is 0.381. The van der Waals surface area contributed by atoms with Crippen molar-refractivity contribution in [1.82, 2.24) is 4.31 Å². The standard InChI is InChI=1S/C21H24N2O5S/c1-3-22(4-2)29(25,26)16-10-11-18-15(13-16)7-6-12-23(18)21(24)17-8-5-9-19-20(17)28-14-27-19/h5,8-11,13H,3-4,6-7,12,14H2,1-2H3. The SMILES string of the molecule is CCN(CC)S(=O)(=O)c1ccc2c(c1)CCCN2C(=O)c1cccc2c1OCO2. The summed E-state index contributed by atoms with van der Waals surface area (Å²) < 4.78 is 38.0. The second-order valence-electron chi connectivity index (χ2n) is 6.98. The summed E-state index contributed by atoms with van der Waals surface area (Å²) in [6.45, 7) is 5.15.